The molecule has 0 radical (unpaired) electrons. The highest BCUT2D eigenvalue weighted by atomic mass is 32.2. The highest BCUT2D eigenvalue weighted by Crippen LogP contribution is 2.22. The number of sulfone groups is 1. The molecule has 0 aromatic carbocycles. The van der Waals surface area contributed by atoms with Gasteiger partial charge in [0.2, 0.25) is 0 Å². The smallest absolute Gasteiger partial charge is 0.152 e. The lowest BCUT2D eigenvalue weighted by atomic mass is 9.99. The fourth-order valence-electron chi connectivity index (χ4n) is 1.59. The SMILES string of the molecule is CC(C)(N)CNC1(C)CCS(=O)(=O)C1. The summed E-state index contributed by atoms with van der Waals surface area (Å²) in [6.45, 7) is 6.43. The van der Waals surface area contributed by atoms with Gasteiger partial charge in [0.05, 0.1) is 11.5 Å². The predicted octanol–water partition coefficient (Wildman–Crippen LogP) is -0.109. The Morgan fingerprint density at radius 2 is 2.07 bits per heavy atom. The highest BCUT2D eigenvalue weighted by molar-refractivity contribution is 7.91. The van der Waals surface area contributed by atoms with Crippen molar-refractivity contribution >= 4 is 9.84 Å². The van der Waals surface area contributed by atoms with Crippen molar-refractivity contribution in [3.8, 4) is 0 Å². The van der Waals surface area contributed by atoms with E-state index in [0.29, 0.717) is 18.7 Å². The van der Waals surface area contributed by atoms with Gasteiger partial charge in [-0.25, -0.2) is 8.42 Å². The first-order valence-corrected chi connectivity index (χ1v) is 6.68. The van der Waals surface area contributed by atoms with Gasteiger partial charge in [-0.1, -0.05) is 0 Å². The van der Waals surface area contributed by atoms with Crippen LogP contribution in [-0.2, 0) is 9.84 Å². The average molecular weight is 220 g/mol. The lowest BCUT2D eigenvalue weighted by Crippen LogP contribution is -2.52. The summed E-state index contributed by atoms with van der Waals surface area (Å²) in [6, 6.07) is 0. The van der Waals surface area contributed by atoms with Gasteiger partial charge in [0.25, 0.3) is 0 Å². The van der Waals surface area contributed by atoms with Crippen LogP contribution in [0.1, 0.15) is 27.2 Å². The second-order valence-corrected chi connectivity index (χ2v) is 7.43. The molecule has 1 atom stereocenters. The third-order valence-corrected chi connectivity index (χ3v) is 4.38. The highest BCUT2D eigenvalue weighted by Gasteiger charge is 2.38. The van der Waals surface area contributed by atoms with Crippen LogP contribution in [0.5, 0.6) is 0 Å². The zero-order valence-electron chi connectivity index (χ0n) is 9.13. The van der Waals surface area contributed by atoms with Gasteiger partial charge in [-0.05, 0) is 27.2 Å². The summed E-state index contributed by atoms with van der Waals surface area (Å²) in [5.41, 5.74) is 5.25. The second kappa shape index (κ2) is 3.47. The fourth-order valence-corrected chi connectivity index (χ4v) is 3.71. The standard InChI is InChI=1S/C9H20N2O2S/c1-8(2,10)6-11-9(3)4-5-14(12,13)7-9/h11H,4-7,10H2,1-3H3. The van der Waals surface area contributed by atoms with E-state index in [0.717, 1.165) is 0 Å². The quantitative estimate of drug-likeness (QED) is 0.696. The second-order valence-electron chi connectivity index (χ2n) is 5.24. The van der Waals surface area contributed by atoms with Crippen LogP contribution in [-0.4, -0.2) is 37.5 Å². The largest absolute Gasteiger partial charge is 0.324 e. The van der Waals surface area contributed by atoms with E-state index < -0.39 is 9.84 Å². The lowest BCUT2D eigenvalue weighted by molar-refractivity contribution is 0.347. The van der Waals surface area contributed by atoms with Crippen LogP contribution >= 0.6 is 0 Å². The Kier molecular flexibility index (Phi) is 2.96. The summed E-state index contributed by atoms with van der Waals surface area (Å²) < 4.78 is 22.6. The zero-order chi connectivity index (χ0) is 11.0. The summed E-state index contributed by atoms with van der Waals surface area (Å²) in [5.74, 6) is 0.525. The molecule has 3 N–H and O–H groups in total. The molecule has 0 bridgehead atoms. The minimum atomic E-state index is -2.82. The first kappa shape index (κ1) is 11.9. The topological polar surface area (TPSA) is 72.2 Å². The van der Waals surface area contributed by atoms with Crippen LogP contribution < -0.4 is 11.1 Å². The van der Waals surface area contributed by atoms with Crippen LogP contribution in [0.2, 0.25) is 0 Å². The van der Waals surface area contributed by atoms with E-state index in [1.165, 1.54) is 0 Å². The first-order chi connectivity index (χ1) is 6.12. The van der Waals surface area contributed by atoms with E-state index in [1.54, 1.807) is 0 Å². The van der Waals surface area contributed by atoms with Crippen molar-refractivity contribution in [3.63, 3.8) is 0 Å². The lowest BCUT2D eigenvalue weighted by Gasteiger charge is -2.29. The maximum absolute atomic E-state index is 11.3. The number of hydrogen-bond donors (Lipinski definition) is 2. The van der Waals surface area contributed by atoms with Crippen molar-refractivity contribution in [2.75, 3.05) is 18.1 Å². The Morgan fingerprint density at radius 1 is 1.50 bits per heavy atom. The summed E-state index contributed by atoms with van der Waals surface area (Å²) in [4.78, 5) is 0. The number of nitrogens with two attached hydrogens (primary N) is 1. The van der Waals surface area contributed by atoms with Crippen LogP contribution in [0, 0.1) is 0 Å². The van der Waals surface area contributed by atoms with Gasteiger partial charge in [-0.15, -0.1) is 0 Å². The molecule has 84 valence electrons. The molecule has 0 aromatic rings. The van der Waals surface area contributed by atoms with Crippen molar-refractivity contribution in [3.05, 3.63) is 0 Å². The molecule has 1 aliphatic rings. The molecule has 1 fully saturated rings. The molecule has 0 amide bonds. The van der Waals surface area contributed by atoms with E-state index in [4.69, 9.17) is 5.73 Å². The number of hydrogen-bond acceptors (Lipinski definition) is 4. The minimum absolute atomic E-state index is 0.232. The van der Waals surface area contributed by atoms with E-state index in [9.17, 15) is 8.42 Å². The molecule has 1 aliphatic heterocycles. The number of rotatable bonds is 3. The normalized spacial score (nSPS) is 32.0. The van der Waals surface area contributed by atoms with Crippen LogP contribution in [0.3, 0.4) is 0 Å². The van der Waals surface area contributed by atoms with Crippen molar-refractivity contribution in [1.29, 1.82) is 0 Å². The number of nitrogens with one attached hydrogen (secondary N) is 1. The Hall–Kier alpha value is -0.130. The Balaban J connectivity index is 2.54. The molecule has 1 heterocycles. The van der Waals surface area contributed by atoms with Crippen LogP contribution in [0.15, 0.2) is 0 Å². The predicted molar refractivity (Wildman–Crippen MR) is 57.9 cm³/mol. The van der Waals surface area contributed by atoms with E-state index >= 15 is 0 Å². The summed E-state index contributed by atoms with van der Waals surface area (Å²) in [7, 11) is -2.82. The molecule has 1 rings (SSSR count). The van der Waals surface area contributed by atoms with Gasteiger partial charge in [0.15, 0.2) is 9.84 Å². The van der Waals surface area contributed by atoms with E-state index in [2.05, 4.69) is 5.32 Å². The Morgan fingerprint density at radius 3 is 2.43 bits per heavy atom. The molecule has 4 nitrogen and oxygen atoms in total. The zero-order valence-corrected chi connectivity index (χ0v) is 9.95. The molecule has 0 aliphatic carbocycles. The first-order valence-electron chi connectivity index (χ1n) is 4.86. The van der Waals surface area contributed by atoms with Crippen molar-refractivity contribution in [1.82, 2.24) is 5.32 Å². The van der Waals surface area contributed by atoms with E-state index in [-0.39, 0.29) is 16.8 Å². The van der Waals surface area contributed by atoms with Gasteiger partial charge in [0, 0.05) is 17.6 Å². The molecule has 0 saturated carbocycles. The van der Waals surface area contributed by atoms with Gasteiger partial charge >= 0.3 is 0 Å². The summed E-state index contributed by atoms with van der Waals surface area (Å²) in [5, 5.41) is 3.25. The van der Waals surface area contributed by atoms with Gasteiger partial charge in [-0.2, -0.15) is 0 Å². The summed E-state index contributed by atoms with van der Waals surface area (Å²) in [6.07, 6.45) is 0.686. The summed E-state index contributed by atoms with van der Waals surface area (Å²) >= 11 is 0. The molecule has 0 spiro atoms. The van der Waals surface area contributed by atoms with Crippen molar-refractivity contribution < 1.29 is 8.42 Å². The molecule has 5 heteroatoms. The van der Waals surface area contributed by atoms with Crippen molar-refractivity contribution in [2.45, 2.75) is 38.3 Å². The third-order valence-electron chi connectivity index (χ3n) is 2.47. The Labute approximate surface area is 86.2 Å². The Bertz CT molecular complexity index is 305. The van der Waals surface area contributed by atoms with Gasteiger partial charge < -0.3 is 11.1 Å². The van der Waals surface area contributed by atoms with Crippen LogP contribution in [0.4, 0.5) is 0 Å². The van der Waals surface area contributed by atoms with Gasteiger partial charge in [0.1, 0.15) is 0 Å². The van der Waals surface area contributed by atoms with E-state index in [1.807, 2.05) is 20.8 Å². The monoisotopic (exact) mass is 220 g/mol. The molecule has 14 heavy (non-hydrogen) atoms. The fraction of sp³-hybridized carbons (Fsp3) is 1.00. The molecular formula is C9H20N2O2S. The average Bonchev–Trinajstić information content (AvgIpc) is 2.22. The third kappa shape index (κ3) is 3.55. The molecule has 0 aromatic heterocycles. The maximum atomic E-state index is 11.3. The van der Waals surface area contributed by atoms with Crippen LogP contribution in [0.25, 0.3) is 0 Å². The van der Waals surface area contributed by atoms with Crippen molar-refractivity contribution in [2.24, 2.45) is 5.73 Å². The maximum Gasteiger partial charge on any atom is 0.152 e. The van der Waals surface area contributed by atoms with Gasteiger partial charge in [-0.3, -0.25) is 0 Å². The molecular weight excluding hydrogens is 200 g/mol. The molecule has 1 unspecified atom stereocenters. The minimum Gasteiger partial charge on any atom is -0.324 e. The molecule has 1 saturated heterocycles.